The fourth-order valence-corrected chi connectivity index (χ4v) is 1.79. The van der Waals surface area contributed by atoms with Gasteiger partial charge in [0.05, 0.1) is 0 Å². The van der Waals surface area contributed by atoms with Crippen LogP contribution in [0.2, 0.25) is 0 Å². The Bertz CT molecular complexity index is 435. The van der Waals surface area contributed by atoms with E-state index in [2.05, 4.69) is 21.8 Å². The van der Waals surface area contributed by atoms with E-state index in [4.69, 9.17) is 0 Å². The van der Waals surface area contributed by atoms with Crippen molar-refractivity contribution in [2.24, 2.45) is 4.99 Å². The molecule has 0 unspecified atom stereocenters. The highest BCUT2D eigenvalue weighted by Gasteiger charge is 2.05. The third kappa shape index (κ3) is 6.88. The van der Waals surface area contributed by atoms with Crippen LogP contribution < -0.4 is 5.32 Å². The van der Waals surface area contributed by atoms with Gasteiger partial charge in [-0.1, -0.05) is 18.2 Å². The summed E-state index contributed by atoms with van der Waals surface area (Å²) in [6.45, 7) is 5.18. The quantitative estimate of drug-likeness (QED) is 0.265. The van der Waals surface area contributed by atoms with Crippen molar-refractivity contribution in [3.63, 3.8) is 0 Å². The summed E-state index contributed by atoms with van der Waals surface area (Å²) in [6.07, 6.45) is 3.95. The van der Waals surface area contributed by atoms with E-state index < -0.39 is 0 Å². The largest absolute Gasteiger partial charge is 0.352 e. The first-order valence-electron chi connectivity index (χ1n) is 6.44. The Balaban J connectivity index is 0.00000361. The molecule has 1 aromatic rings. The Kier molecular flexibility index (Phi) is 10.1. The van der Waals surface area contributed by atoms with Crippen molar-refractivity contribution in [3.05, 3.63) is 48.3 Å². The predicted molar refractivity (Wildman–Crippen MR) is 94.1 cm³/mol. The molecule has 0 fully saturated rings. The van der Waals surface area contributed by atoms with E-state index in [1.165, 1.54) is 12.1 Å². The number of allylic oxidation sites excluding steroid dienone is 1. The van der Waals surface area contributed by atoms with Gasteiger partial charge in [0, 0.05) is 27.2 Å². The molecule has 1 rings (SSSR count). The highest BCUT2D eigenvalue weighted by molar-refractivity contribution is 14.0. The summed E-state index contributed by atoms with van der Waals surface area (Å²) in [5.41, 5.74) is 0.903. The first-order chi connectivity index (χ1) is 9.17. The van der Waals surface area contributed by atoms with Crippen molar-refractivity contribution in [1.29, 1.82) is 0 Å². The lowest BCUT2D eigenvalue weighted by molar-refractivity contribution is 0.469. The second kappa shape index (κ2) is 10.7. The summed E-state index contributed by atoms with van der Waals surface area (Å²) >= 11 is 0. The lowest BCUT2D eigenvalue weighted by Gasteiger charge is -2.21. The van der Waals surface area contributed by atoms with Crippen molar-refractivity contribution >= 4 is 29.9 Å². The van der Waals surface area contributed by atoms with Gasteiger partial charge >= 0.3 is 0 Å². The molecule has 112 valence electrons. The normalized spacial score (nSPS) is 10.7. The molecule has 0 aliphatic carbocycles. The third-order valence-electron chi connectivity index (χ3n) is 2.81. The van der Waals surface area contributed by atoms with Gasteiger partial charge in [-0.3, -0.25) is 4.99 Å². The Morgan fingerprint density at radius 1 is 1.50 bits per heavy atom. The van der Waals surface area contributed by atoms with Crippen LogP contribution in [0.4, 0.5) is 4.39 Å². The fraction of sp³-hybridized carbons (Fsp3) is 0.400. The molecule has 0 aromatic heterocycles. The molecule has 0 aliphatic heterocycles. The lowest BCUT2D eigenvalue weighted by Crippen LogP contribution is -2.38. The topological polar surface area (TPSA) is 27.6 Å². The number of rotatable bonds is 6. The number of halogens is 2. The molecule has 0 heterocycles. The molecule has 0 saturated heterocycles. The lowest BCUT2D eigenvalue weighted by atomic mass is 10.2. The number of guanidine groups is 1. The first kappa shape index (κ1) is 18.9. The van der Waals surface area contributed by atoms with Crippen LogP contribution in [0.25, 0.3) is 0 Å². The van der Waals surface area contributed by atoms with Crippen LogP contribution in [0, 0.1) is 5.82 Å². The smallest absolute Gasteiger partial charge is 0.193 e. The van der Waals surface area contributed by atoms with E-state index in [0.29, 0.717) is 6.54 Å². The molecule has 1 aromatic carbocycles. The maximum absolute atomic E-state index is 13.1. The number of hydrogen-bond acceptors (Lipinski definition) is 1. The molecule has 0 aliphatic rings. The molecule has 0 radical (unpaired) electrons. The van der Waals surface area contributed by atoms with E-state index in [1.54, 1.807) is 13.1 Å². The fourth-order valence-electron chi connectivity index (χ4n) is 1.79. The Hall–Kier alpha value is -1.11. The Labute approximate surface area is 138 Å². The van der Waals surface area contributed by atoms with Crippen molar-refractivity contribution in [1.82, 2.24) is 10.2 Å². The summed E-state index contributed by atoms with van der Waals surface area (Å²) in [4.78, 5) is 6.27. The van der Waals surface area contributed by atoms with Gasteiger partial charge in [0.1, 0.15) is 5.82 Å². The number of unbranched alkanes of at least 4 members (excludes halogenated alkanes) is 1. The number of benzene rings is 1. The van der Waals surface area contributed by atoms with Gasteiger partial charge in [-0.05, 0) is 30.5 Å². The van der Waals surface area contributed by atoms with E-state index in [-0.39, 0.29) is 29.8 Å². The molecule has 0 saturated carbocycles. The minimum absolute atomic E-state index is 0. The zero-order chi connectivity index (χ0) is 14.1. The highest BCUT2D eigenvalue weighted by atomic mass is 127. The van der Waals surface area contributed by atoms with Gasteiger partial charge in [-0.15, -0.1) is 30.6 Å². The van der Waals surface area contributed by atoms with Crippen LogP contribution in [0.3, 0.4) is 0 Å². The summed E-state index contributed by atoms with van der Waals surface area (Å²) in [7, 11) is 3.74. The number of hydrogen-bond donors (Lipinski definition) is 1. The summed E-state index contributed by atoms with van der Waals surface area (Å²) < 4.78 is 13.1. The molecule has 0 amide bonds. The van der Waals surface area contributed by atoms with Crippen LogP contribution in [0.5, 0.6) is 0 Å². The number of nitrogens with one attached hydrogen (secondary N) is 1. The molecule has 5 heteroatoms. The van der Waals surface area contributed by atoms with Crippen molar-refractivity contribution in [2.75, 3.05) is 20.6 Å². The van der Waals surface area contributed by atoms with E-state index in [1.807, 2.05) is 19.2 Å². The average Bonchev–Trinajstić information content (AvgIpc) is 2.40. The van der Waals surface area contributed by atoms with Crippen molar-refractivity contribution < 1.29 is 4.39 Å². The molecule has 1 N–H and O–H groups in total. The van der Waals surface area contributed by atoms with Crippen LogP contribution >= 0.6 is 24.0 Å². The van der Waals surface area contributed by atoms with Gasteiger partial charge < -0.3 is 10.2 Å². The van der Waals surface area contributed by atoms with Crippen molar-refractivity contribution in [2.45, 2.75) is 19.4 Å². The van der Waals surface area contributed by atoms with Crippen LogP contribution in [-0.4, -0.2) is 31.5 Å². The Morgan fingerprint density at radius 2 is 2.25 bits per heavy atom. The van der Waals surface area contributed by atoms with Crippen LogP contribution in [-0.2, 0) is 6.54 Å². The summed E-state index contributed by atoms with van der Waals surface area (Å²) in [6, 6.07) is 6.57. The highest BCUT2D eigenvalue weighted by Crippen LogP contribution is 2.03. The van der Waals surface area contributed by atoms with Gasteiger partial charge in [-0.2, -0.15) is 0 Å². The first-order valence-corrected chi connectivity index (χ1v) is 6.44. The molecular weight excluding hydrogens is 368 g/mol. The van der Waals surface area contributed by atoms with Crippen molar-refractivity contribution in [3.8, 4) is 0 Å². The van der Waals surface area contributed by atoms with Gasteiger partial charge in [0.2, 0.25) is 0 Å². The molecule has 3 nitrogen and oxygen atoms in total. The van der Waals surface area contributed by atoms with Gasteiger partial charge in [-0.25, -0.2) is 4.39 Å². The number of aliphatic imine (C=N–C) groups is 1. The van der Waals surface area contributed by atoms with E-state index >= 15 is 0 Å². The van der Waals surface area contributed by atoms with Crippen LogP contribution in [0.15, 0.2) is 41.9 Å². The zero-order valence-corrected chi connectivity index (χ0v) is 14.4. The summed E-state index contributed by atoms with van der Waals surface area (Å²) in [5.74, 6) is 0.599. The Morgan fingerprint density at radius 3 is 2.85 bits per heavy atom. The SMILES string of the molecule is C=CCCCN(C)C(=NC)NCc1cccc(F)c1.I. The minimum atomic E-state index is -0.214. The maximum atomic E-state index is 13.1. The molecule has 0 spiro atoms. The predicted octanol–water partition coefficient (Wildman–Crippen LogP) is 3.42. The standard InChI is InChI=1S/C15H22FN3.HI/c1-4-5-6-10-19(3)15(17-2)18-12-13-8-7-9-14(16)11-13;/h4,7-9,11H,1,5-6,10,12H2,2-3H3,(H,17,18);1H. The minimum Gasteiger partial charge on any atom is -0.352 e. The van der Waals surface area contributed by atoms with Gasteiger partial charge in [0.15, 0.2) is 5.96 Å². The molecule has 20 heavy (non-hydrogen) atoms. The van der Waals surface area contributed by atoms with Crippen LogP contribution in [0.1, 0.15) is 18.4 Å². The third-order valence-corrected chi connectivity index (χ3v) is 2.81. The molecule has 0 atom stereocenters. The maximum Gasteiger partial charge on any atom is 0.193 e. The average molecular weight is 391 g/mol. The second-order valence-electron chi connectivity index (χ2n) is 4.38. The number of nitrogens with zero attached hydrogens (tertiary/aromatic N) is 2. The van der Waals surface area contributed by atoms with E-state index in [9.17, 15) is 4.39 Å². The molecular formula is C15H23FIN3. The second-order valence-corrected chi connectivity index (χ2v) is 4.38. The van der Waals surface area contributed by atoms with E-state index in [0.717, 1.165) is 30.9 Å². The summed E-state index contributed by atoms with van der Waals surface area (Å²) in [5, 5.41) is 3.22. The molecule has 0 bridgehead atoms. The zero-order valence-electron chi connectivity index (χ0n) is 12.1. The van der Waals surface area contributed by atoms with Gasteiger partial charge in [0.25, 0.3) is 0 Å². The monoisotopic (exact) mass is 391 g/mol.